The predicted molar refractivity (Wildman–Crippen MR) is 131 cm³/mol. The molecular weight excluding hydrogens is 430 g/mol. The number of hydrogen-bond donors (Lipinski definition) is 0. The normalized spacial score (nSPS) is 17.4. The highest BCUT2D eigenvalue weighted by atomic mass is 16.5. The number of ether oxygens (including phenoxy) is 1. The first kappa shape index (κ1) is 24.0. The molecule has 0 unspecified atom stereocenters. The van der Waals surface area contributed by atoms with Crippen LogP contribution in [0.2, 0.25) is 0 Å². The molecule has 0 radical (unpaired) electrons. The molecular formula is C27H33N3O4. The van der Waals surface area contributed by atoms with E-state index in [1.807, 2.05) is 48.5 Å². The molecule has 2 aromatic carbocycles. The first-order valence-electron chi connectivity index (χ1n) is 12.2. The Bertz CT molecular complexity index is 986. The summed E-state index contributed by atoms with van der Waals surface area (Å²) in [4.78, 5) is 43.0. The van der Waals surface area contributed by atoms with E-state index in [9.17, 15) is 14.4 Å². The Balaban J connectivity index is 1.25. The minimum Gasteiger partial charge on any atom is -0.455 e. The van der Waals surface area contributed by atoms with Crippen LogP contribution in [0.1, 0.15) is 32.1 Å². The van der Waals surface area contributed by atoms with Crippen molar-refractivity contribution in [3.8, 4) is 11.5 Å². The van der Waals surface area contributed by atoms with Crippen LogP contribution in [0.15, 0.2) is 54.6 Å². The van der Waals surface area contributed by atoms with Crippen LogP contribution >= 0.6 is 0 Å². The van der Waals surface area contributed by atoms with E-state index in [1.54, 1.807) is 4.90 Å². The Morgan fingerprint density at radius 2 is 1.47 bits per heavy atom. The standard InChI is InChI=1S/C27H33N3O4/c31-22(19-23(32)21-30-14-8-2-5-13-27(30)33)20-28-15-17-29(18-16-28)25-11-6-7-12-26(25)34-24-9-3-1-4-10-24/h1,3-4,6-7,9-12H,2,5,8,13-21H2. The zero-order chi connectivity index (χ0) is 23.8. The van der Waals surface area contributed by atoms with E-state index < -0.39 is 0 Å². The summed E-state index contributed by atoms with van der Waals surface area (Å²) >= 11 is 0. The van der Waals surface area contributed by atoms with E-state index >= 15 is 0 Å². The second-order valence-electron chi connectivity index (χ2n) is 9.03. The third-order valence-corrected chi connectivity index (χ3v) is 6.38. The Labute approximate surface area is 201 Å². The summed E-state index contributed by atoms with van der Waals surface area (Å²) in [6.07, 6.45) is 3.24. The van der Waals surface area contributed by atoms with Crippen LogP contribution in [0.3, 0.4) is 0 Å². The molecule has 2 saturated heterocycles. The summed E-state index contributed by atoms with van der Waals surface area (Å²) in [5.74, 6) is 1.41. The van der Waals surface area contributed by atoms with Gasteiger partial charge in [0.05, 0.1) is 25.2 Å². The van der Waals surface area contributed by atoms with Gasteiger partial charge in [-0.2, -0.15) is 0 Å². The van der Waals surface area contributed by atoms with Crippen molar-refractivity contribution in [3.05, 3.63) is 54.6 Å². The van der Waals surface area contributed by atoms with Crippen LogP contribution in [-0.2, 0) is 14.4 Å². The van der Waals surface area contributed by atoms with Gasteiger partial charge in [-0.05, 0) is 37.1 Å². The summed E-state index contributed by atoms with van der Waals surface area (Å²) in [7, 11) is 0. The molecule has 2 aliphatic heterocycles. The minimum absolute atomic E-state index is 0.0333. The third-order valence-electron chi connectivity index (χ3n) is 6.38. The van der Waals surface area contributed by atoms with Crippen molar-refractivity contribution in [1.29, 1.82) is 0 Å². The molecule has 4 rings (SSSR count). The first-order chi connectivity index (χ1) is 16.6. The van der Waals surface area contributed by atoms with Crippen molar-refractivity contribution in [2.75, 3.05) is 50.7 Å². The molecule has 7 nitrogen and oxygen atoms in total. The topological polar surface area (TPSA) is 70.2 Å². The molecule has 0 saturated carbocycles. The van der Waals surface area contributed by atoms with Crippen molar-refractivity contribution < 1.29 is 19.1 Å². The monoisotopic (exact) mass is 463 g/mol. The number of hydrogen-bond acceptors (Lipinski definition) is 6. The molecule has 2 aromatic rings. The fraction of sp³-hybridized carbons (Fsp3) is 0.444. The number of nitrogens with zero attached hydrogens (tertiary/aromatic N) is 3. The van der Waals surface area contributed by atoms with Gasteiger partial charge >= 0.3 is 0 Å². The number of Topliss-reactive ketones (excluding diaryl/α,β-unsaturated/α-hetero) is 2. The van der Waals surface area contributed by atoms with Crippen LogP contribution in [0.5, 0.6) is 11.5 Å². The Kier molecular flexibility index (Phi) is 8.31. The number of ketones is 2. The van der Waals surface area contributed by atoms with Gasteiger partial charge in [-0.25, -0.2) is 0 Å². The van der Waals surface area contributed by atoms with Gasteiger partial charge < -0.3 is 14.5 Å². The van der Waals surface area contributed by atoms with E-state index in [0.717, 1.165) is 62.6 Å². The van der Waals surface area contributed by atoms with E-state index in [2.05, 4.69) is 15.9 Å². The number of para-hydroxylation sites is 3. The van der Waals surface area contributed by atoms with Gasteiger partial charge in [0.15, 0.2) is 17.3 Å². The van der Waals surface area contributed by atoms with Gasteiger partial charge in [0.25, 0.3) is 0 Å². The summed E-state index contributed by atoms with van der Waals surface area (Å²) in [6.45, 7) is 3.99. The molecule has 0 aromatic heterocycles. The number of amides is 1. The van der Waals surface area contributed by atoms with Crippen molar-refractivity contribution in [2.24, 2.45) is 0 Å². The minimum atomic E-state index is -0.161. The number of benzene rings is 2. The first-order valence-corrected chi connectivity index (χ1v) is 12.2. The van der Waals surface area contributed by atoms with Gasteiger partial charge in [-0.1, -0.05) is 36.8 Å². The molecule has 0 spiro atoms. The number of carbonyl (C=O) groups is 3. The highest BCUT2D eigenvalue weighted by Crippen LogP contribution is 2.32. The maximum Gasteiger partial charge on any atom is 0.222 e. The number of carbonyl (C=O) groups excluding carboxylic acids is 3. The summed E-state index contributed by atoms with van der Waals surface area (Å²) in [6, 6.07) is 17.7. The zero-order valence-electron chi connectivity index (χ0n) is 19.7. The van der Waals surface area contributed by atoms with Crippen LogP contribution in [0.4, 0.5) is 5.69 Å². The van der Waals surface area contributed by atoms with Gasteiger partial charge in [0.1, 0.15) is 5.75 Å². The smallest absolute Gasteiger partial charge is 0.222 e. The van der Waals surface area contributed by atoms with Gasteiger partial charge in [0.2, 0.25) is 5.91 Å². The van der Waals surface area contributed by atoms with Crippen LogP contribution in [-0.4, -0.2) is 73.1 Å². The maximum atomic E-state index is 12.5. The second-order valence-corrected chi connectivity index (χ2v) is 9.03. The molecule has 0 aliphatic carbocycles. The molecule has 0 N–H and O–H groups in total. The number of rotatable bonds is 9. The van der Waals surface area contributed by atoms with Gasteiger partial charge in [0, 0.05) is 39.1 Å². The Hall–Kier alpha value is -3.19. The average Bonchev–Trinajstić information content (AvgIpc) is 3.04. The van der Waals surface area contributed by atoms with Crippen molar-refractivity contribution in [3.63, 3.8) is 0 Å². The molecule has 0 bridgehead atoms. The summed E-state index contributed by atoms with van der Waals surface area (Å²) in [5, 5.41) is 0. The molecule has 2 fully saturated rings. The lowest BCUT2D eigenvalue weighted by Crippen LogP contribution is -2.48. The van der Waals surface area contributed by atoms with Crippen molar-refractivity contribution in [1.82, 2.24) is 9.80 Å². The van der Waals surface area contributed by atoms with Crippen LogP contribution in [0.25, 0.3) is 0 Å². The van der Waals surface area contributed by atoms with E-state index in [0.29, 0.717) is 13.0 Å². The lowest BCUT2D eigenvalue weighted by atomic mass is 10.1. The van der Waals surface area contributed by atoms with Gasteiger partial charge in [-0.15, -0.1) is 0 Å². The molecule has 0 atom stereocenters. The molecule has 1 amide bonds. The van der Waals surface area contributed by atoms with Crippen molar-refractivity contribution >= 4 is 23.2 Å². The largest absolute Gasteiger partial charge is 0.455 e. The maximum absolute atomic E-state index is 12.5. The van der Waals surface area contributed by atoms with E-state index in [1.165, 1.54) is 0 Å². The summed E-state index contributed by atoms with van der Waals surface area (Å²) < 4.78 is 6.10. The Morgan fingerprint density at radius 3 is 2.26 bits per heavy atom. The number of anilines is 1. The Morgan fingerprint density at radius 1 is 0.765 bits per heavy atom. The predicted octanol–water partition coefficient (Wildman–Crippen LogP) is 3.53. The lowest BCUT2D eigenvalue weighted by molar-refractivity contribution is -0.136. The fourth-order valence-corrected chi connectivity index (χ4v) is 4.57. The number of piperazine rings is 1. The molecule has 180 valence electrons. The quantitative estimate of drug-likeness (QED) is 0.530. The second kappa shape index (κ2) is 11.8. The van der Waals surface area contributed by atoms with E-state index in [4.69, 9.17) is 4.74 Å². The molecule has 34 heavy (non-hydrogen) atoms. The number of likely N-dealkylation sites (tertiary alicyclic amines) is 1. The lowest BCUT2D eigenvalue weighted by Gasteiger charge is -2.36. The van der Waals surface area contributed by atoms with Gasteiger partial charge in [-0.3, -0.25) is 19.3 Å². The molecule has 7 heteroatoms. The van der Waals surface area contributed by atoms with Crippen LogP contribution < -0.4 is 9.64 Å². The molecule has 2 aliphatic rings. The summed E-state index contributed by atoms with van der Waals surface area (Å²) in [5.41, 5.74) is 1.04. The SMILES string of the molecule is O=C(CC(=O)CN1CCCCCC1=O)CN1CCN(c2ccccc2Oc2ccccc2)CC1. The average molecular weight is 464 g/mol. The molecule has 2 heterocycles. The third kappa shape index (κ3) is 6.67. The van der Waals surface area contributed by atoms with E-state index in [-0.39, 0.29) is 37.0 Å². The van der Waals surface area contributed by atoms with Crippen molar-refractivity contribution in [2.45, 2.75) is 32.1 Å². The van der Waals surface area contributed by atoms with Crippen LogP contribution in [0, 0.1) is 0 Å². The highest BCUT2D eigenvalue weighted by molar-refractivity contribution is 6.01. The zero-order valence-corrected chi connectivity index (χ0v) is 19.7. The fourth-order valence-electron chi connectivity index (χ4n) is 4.57. The highest BCUT2D eigenvalue weighted by Gasteiger charge is 2.24.